The van der Waals surface area contributed by atoms with Crippen molar-refractivity contribution < 1.29 is 19.3 Å². The molecule has 1 fully saturated rings. The van der Waals surface area contributed by atoms with E-state index in [4.69, 9.17) is 9.62 Å². The monoisotopic (exact) mass is 274 g/mol. The van der Waals surface area contributed by atoms with Gasteiger partial charge in [-0.25, -0.2) is 14.6 Å². The zero-order chi connectivity index (χ0) is 14.7. The van der Waals surface area contributed by atoms with Gasteiger partial charge in [-0.05, 0) is 34.7 Å². The van der Waals surface area contributed by atoms with Crippen LogP contribution in [0, 0.1) is 0 Å². The lowest BCUT2D eigenvalue weighted by Crippen LogP contribution is -2.64. The van der Waals surface area contributed by atoms with Crippen molar-refractivity contribution in [1.29, 1.82) is 0 Å². The zero-order valence-corrected chi connectivity index (χ0v) is 12.9. The zero-order valence-electron chi connectivity index (χ0n) is 12.9. The number of amides is 1. The van der Waals surface area contributed by atoms with Gasteiger partial charge in [-0.1, -0.05) is 0 Å². The van der Waals surface area contributed by atoms with E-state index in [-0.39, 0.29) is 6.09 Å². The smallest absolute Gasteiger partial charge is 0.410 e. The van der Waals surface area contributed by atoms with Gasteiger partial charge in [0, 0.05) is 19.6 Å². The molecular formula is C13H26N2O4. The molecule has 0 spiro atoms. The predicted molar refractivity (Wildman–Crippen MR) is 71.8 cm³/mol. The van der Waals surface area contributed by atoms with Crippen LogP contribution in [0.1, 0.15) is 27.7 Å². The first kappa shape index (κ1) is 16.2. The van der Waals surface area contributed by atoms with Crippen LogP contribution in [0.5, 0.6) is 0 Å². The minimum absolute atomic E-state index is 0.303. The summed E-state index contributed by atoms with van der Waals surface area (Å²) in [6, 6.07) is 0. The van der Waals surface area contributed by atoms with Crippen molar-refractivity contribution in [1.82, 2.24) is 9.80 Å². The summed E-state index contributed by atoms with van der Waals surface area (Å²) in [6.45, 7) is 10.0. The number of nitrogens with zero attached hydrogens (tertiary/aromatic N) is 2. The van der Waals surface area contributed by atoms with Gasteiger partial charge in [0.15, 0.2) is 0 Å². The fraction of sp³-hybridized carbons (Fsp3) is 0.923. The lowest BCUT2D eigenvalue weighted by molar-refractivity contribution is -0.290. The van der Waals surface area contributed by atoms with Crippen LogP contribution in [-0.4, -0.2) is 67.4 Å². The Balaban J connectivity index is 2.79. The molecule has 1 saturated heterocycles. The fourth-order valence-electron chi connectivity index (χ4n) is 2.22. The number of hydrogen-bond donors (Lipinski definition) is 0. The Kier molecular flexibility index (Phi) is 5.18. The van der Waals surface area contributed by atoms with Crippen LogP contribution in [0.2, 0.25) is 0 Å². The lowest BCUT2D eigenvalue weighted by atomic mass is 9.98. The first-order chi connectivity index (χ1) is 8.68. The summed E-state index contributed by atoms with van der Waals surface area (Å²) in [7, 11) is 3.49. The second-order valence-electron chi connectivity index (χ2n) is 6.30. The molecule has 0 bridgehead atoms. The van der Waals surface area contributed by atoms with Crippen LogP contribution in [0.15, 0.2) is 0 Å². The molecule has 1 atom stereocenters. The van der Waals surface area contributed by atoms with Gasteiger partial charge >= 0.3 is 6.09 Å². The van der Waals surface area contributed by atoms with Crippen LogP contribution in [0.3, 0.4) is 0 Å². The van der Waals surface area contributed by atoms with Crippen molar-refractivity contribution >= 4 is 6.09 Å². The molecule has 1 rings (SSSR count). The largest absolute Gasteiger partial charge is 0.444 e. The minimum atomic E-state index is -0.497. The molecule has 0 aliphatic carbocycles. The van der Waals surface area contributed by atoms with E-state index in [9.17, 15) is 4.79 Å². The third-order valence-electron chi connectivity index (χ3n) is 3.07. The highest BCUT2D eigenvalue weighted by molar-refractivity contribution is 5.69. The highest BCUT2D eigenvalue weighted by Gasteiger charge is 2.42. The second kappa shape index (κ2) is 6.07. The maximum absolute atomic E-state index is 12.3. The molecule has 0 aromatic carbocycles. The van der Waals surface area contributed by atoms with Gasteiger partial charge in [-0.2, -0.15) is 0 Å². The molecular weight excluding hydrogens is 248 g/mol. The van der Waals surface area contributed by atoms with Crippen LogP contribution in [0.25, 0.3) is 0 Å². The van der Waals surface area contributed by atoms with E-state index in [0.29, 0.717) is 13.2 Å². The average molecular weight is 274 g/mol. The first-order valence-corrected chi connectivity index (χ1v) is 6.53. The molecule has 6 heteroatoms. The van der Waals surface area contributed by atoms with E-state index in [0.717, 1.165) is 13.1 Å². The van der Waals surface area contributed by atoms with Crippen molar-refractivity contribution in [2.24, 2.45) is 0 Å². The van der Waals surface area contributed by atoms with Gasteiger partial charge < -0.3 is 9.64 Å². The van der Waals surface area contributed by atoms with Crippen molar-refractivity contribution in [2.45, 2.75) is 38.8 Å². The maximum Gasteiger partial charge on any atom is 0.410 e. The Labute approximate surface area is 115 Å². The number of carbonyl (C=O) groups excluding carboxylic acids is 1. The Morgan fingerprint density at radius 3 is 2.47 bits per heavy atom. The lowest BCUT2D eigenvalue weighted by Gasteiger charge is -2.47. The van der Waals surface area contributed by atoms with E-state index in [1.54, 1.807) is 4.90 Å². The van der Waals surface area contributed by atoms with Gasteiger partial charge in [0.1, 0.15) is 12.2 Å². The molecule has 0 aromatic rings. The molecule has 0 radical (unpaired) electrons. The maximum atomic E-state index is 12.3. The molecule has 0 saturated carbocycles. The number of rotatable bonds is 3. The Bertz CT molecular complexity index is 316. The summed E-state index contributed by atoms with van der Waals surface area (Å²) in [5.41, 5.74) is -0.950. The van der Waals surface area contributed by atoms with Gasteiger partial charge in [0.2, 0.25) is 0 Å². The average Bonchev–Trinajstić information content (AvgIpc) is 2.23. The fourth-order valence-corrected chi connectivity index (χ4v) is 2.22. The van der Waals surface area contributed by atoms with Crippen molar-refractivity contribution in [3.05, 3.63) is 0 Å². The molecule has 1 aliphatic rings. The van der Waals surface area contributed by atoms with Gasteiger partial charge in [0.05, 0.1) is 12.6 Å². The summed E-state index contributed by atoms with van der Waals surface area (Å²) < 4.78 is 5.46. The van der Waals surface area contributed by atoms with E-state index in [2.05, 4.69) is 9.79 Å². The van der Waals surface area contributed by atoms with Crippen LogP contribution < -0.4 is 0 Å². The van der Waals surface area contributed by atoms with Crippen molar-refractivity contribution in [3.8, 4) is 0 Å². The van der Waals surface area contributed by atoms with Crippen LogP contribution in [-0.2, 0) is 14.5 Å². The van der Waals surface area contributed by atoms with Crippen LogP contribution >= 0.6 is 0 Å². The number of likely N-dealkylation sites (N-methyl/N-ethyl adjacent to an activating group) is 1. The molecule has 1 amide bonds. The van der Waals surface area contributed by atoms with Crippen molar-refractivity contribution in [3.63, 3.8) is 0 Å². The molecule has 1 unspecified atom stereocenters. The molecule has 1 aliphatic heterocycles. The highest BCUT2D eigenvalue weighted by Crippen LogP contribution is 2.24. The van der Waals surface area contributed by atoms with Crippen LogP contribution in [0.4, 0.5) is 4.79 Å². The number of carbonyl (C=O) groups is 1. The highest BCUT2D eigenvalue weighted by atomic mass is 17.2. The second-order valence-corrected chi connectivity index (χ2v) is 6.30. The molecule has 0 N–H and O–H groups in total. The topological polar surface area (TPSA) is 51.2 Å². The summed E-state index contributed by atoms with van der Waals surface area (Å²) in [5.74, 6) is 0. The molecule has 19 heavy (non-hydrogen) atoms. The van der Waals surface area contributed by atoms with Gasteiger partial charge in [-0.15, -0.1) is 0 Å². The van der Waals surface area contributed by atoms with Crippen molar-refractivity contribution in [2.75, 3.05) is 40.4 Å². The minimum Gasteiger partial charge on any atom is -0.444 e. The number of piperazine rings is 1. The summed E-state index contributed by atoms with van der Waals surface area (Å²) >= 11 is 0. The van der Waals surface area contributed by atoms with Gasteiger partial charge in [0.25, 0.3) is 0 Å². The SMILES string of the molecule is COOCC1(C)CN(C)CCN1C(=O)OC(C)(C)C. The Hall–Kier alpha value is -0.850. The summed E-state index contributed by atoms with van der Waals surface area (Å²) in [4.78, 5) is 25.9. The third-order valence-corrected chi connectivity index (χ3v) is 3.07. The van der Waals surface area contributed by atoms with Gasteiger partial charge in [-0.3, -0.25) is 4.90 Å². The van der Waals surface area contributed by atoms with E-state index in [1.165, 1.54) is 7.11 Å². The Morgan fingerprint density at radius 1 is 1.32 bits per heavy atom. The third kappa shape index (κ3) is 4.63. The standard InChI is InChI=1S/C13H26N2O4/c1-12(2,3)19-11(16)15-8-7-14(5)9-13(15,4)10-18-17-6/h7-10H2,1-6H3. The van der Waals surface area contributed by atoms with E-state index >= 15 is 0 Å². The molecule has 1 heterocycles. The quantitative estimate of drug-likeness (QED) is 0.577. The molecule has 6 nitrogen and oxygen atoms in total. The Morgan fingerprint density at radius 2 is 1.95 bits per heavy atom. The van der Waals surface area contributed by atoms with E-state index < -0.39 is 11.1 Å². The first-order valence-electron chi connectivity index (χ1n) is 6.53. The van der Waals surface area contributed by atoms with E-state index in [1.807, 2.05) is 34.7 Å². The molecule has 0 aromatic heterocycles. The summed E-state index contributed by atoms with van der Waals surface area (Å²) in [6.07, 6.45) is -0.303. The number of ether oxygens (including phenoxy) is 1. The number of hydrogen-bond acceptors (Lipinski definition) is 5. The summed E-state index contributed by atoms with van der Waals surface area (Å²) in [5, 5.41) is 0. The predicted octanol–water partition coefficient (Wildman–Crippen LogP) is 1.51. The molecule has 112 valence electrons. The normalized spacial score (nSPS) is 25.5.